The van der Waals surface area contributed by atoms with E-state index in [0.717, 1.165) is 49.9 Å². The van der Waals surface area contributed by atoms with Crippen LogP contribution < -0.4 is 0 Å². The molecule has 0 atom stereocenters. The van der Waals surface area contributed by atoms with E-state index >= 15 is 0 Å². The van der Waals surface area contributed by atoms with Crippen molar-refractivity contribution in [2.45, 2.75) is 59.8 Å². The first kappa shape index (κ1) is 22.7. The molecule has 0 aliphatic carbocycles. The second-order valence-corrected chi connectivity index (χ2v) is 11.5. The van der Waals surface area contributed by atoms with Gasteiger partial charge in [0.1, 0.15) is 17.0 Å². The topological polar surface area (TPSA) is 38.9 Å². The van der Waals surface area contributed by atoms with E-state index in [0.29, 0.717) is 0 Å². The molecule has 180 valence electrons. The monoisotopic (exact) mass is 472 g/mol. The van der Waals surface area contributed by atoms with Gasteiger partial charge in [-0.1, -0.05) is 77.1 Å². The summed E-state index contributed by atoms with van der Waals surface area (Å²) in [6.07, 6.45) is 0. The summed E-state index contributed by atoms with van der Waals surface area (Å²) in [5.74, 6) is 1.06. The van der Waals surface area contributed by atoms with Crippen molar-refractivity contribution >= 4 is 43.6 Å². The highest BCUT2D eigenvalue weighted by Gasteiger charge is 2.21. The fourth-order valence-corrected chi connectivity index (χ4v) is 5.27. The third kappa shape index (κ3) is 3.49. The predicted molar refractivity (Wildman–Crippen MR) is 152 cm³/mol. The quantitative estimate of drug-likeness (QED) is 0.236. The molecule has 0 aliphatic rings. The lowest BCUT2D eigenvalue weighted by Gasteiger charge is -2.21. The minimum absolute atomic E-state index is 0.0864. The number of fused-ring (bicyclic) bond motifs is 6. The minimum atomic E-state index is 0.0864. The van der Waals surface area contributed by atoms with E-state index in [4.69, 9.17) is 14.4 Å². The van der Waals surface area contributed by atoms with Crippen LogP contribution in [0.25, 0.3) is 54.9 Å². The van der Waals surface area contributed by atoms with E-state index in [1.807, 2.05) is 0 Å². The number of aryl methyl sites for hydroxylation is 2. The van der Waals surface area contributed by atoms with Crippen LogP contribution in [0.15, 0.2) is 65.1 Å². The van der Waals surface area contributed by atoms with Crippen LogP contribution in [0.3, 0.4) is 0 Å². The van der Waals surface area contributed by atoms with Crippen LogP contribution in [-0.2, 0) is 5.41 Å². The Kier molecular flexibility index (Phi) is 4.98. The molecule has 0 unspecified atom stereocenters. The minimum Gasteiger partial charge on any atom is -0.455 e. The van der Waals surface area contributed by atoms with Crippen LogP contribution in [0.2, 0.25) is 0 Å². The van der Waals surface area contributed by atoms with Crippen LogP contribution in [0.4, 0.5) is 0 Å². The molecule has 0 spiro atoms. The average molecular weight is 473 g/mol. The van der Waals surface area contributed by atoms with Crippen molar-refractivity contribution < 1.29 is 4.42 Å². The summed E-state index contributed by atoms with van der Waals surface area (Å²) in [6, 6.07) is 21.8. The summed E-state index contributed by atoms with van der Waals surface area (Å²) in [6.45, 7) is 15.4. The molecule has 3 heteroatoms. The van der Waals surface area contributed by atoms with Crippen molar-refractivity contribution in [1.82, 2.24) is 9.97 Å². The maximum absolute atomic E-state index is 6.47. The normalized spacial score (nSPS) is 12.6. The summed E-state index contributed by atoms with van der Waals surface area (Å²) in [5.41, 5.74) is 8.63. The van der Waals surface area contributed by atoms with Crippen molar-refractivity contribution in [3.63, 3.8) is 0 Å². The van der Waals surface area contributed by atoms with Crippen molar-refractivity contribution in [3.05, 3.63) is 83.2 Å². The fraction of sp³-hybridized carbons (Fsp3) is 0.273. The van der Waals surface area contributed by atoms with Gasteiger partial charge in [-0.3, -0.25) is 0 Å². The lowest BCUT2D eigenvalue weighted by Crippen LogP contribution is -2.11. The zero-order valence-corrected chi connectivity index (χ0v) is 22.2. The molecule has 0 bridgehead atoms. The molecule has 2 heterocycles. The molecule has 0 fully saturated rings. The predicted octanol–water partition coefficient (Wildman–Crippen LogP) is 9.39. The van der Waals surface area contributed by atoms with Crippen molar-refractivity contribution in [3.8, 4) is 11.3 Å². The molecule has 0 amide bonds. The Labute approximate surface area is 212 Å². The van der Waals surface area contributed by atoms with E-state index in [-0.39, 0.29) is 11.3 Å². The highest BCUT2D eigenvalue weighted by atomic mass is 16.3. The molecular formula is C33H32N2O. The van der Waals surface area contributed by atoms with E-state index in [2.05, 4.69) is 109 Å². The van der Waals surface area contributed by atoms with E-state index in [1.54, 1.807) is 0 Å². The van der Waals surface area contributed by atoms with Gasteiger partial charge in [0.05, 0.1) is 11.2 Å². The van der Waals surface area contributed by atoms with Crippen molar-refractivity contribution in [1.29, 1.82) is 0 Å². The van der Waals surface area contributed by atoms with Gasteiger partial charge in [-0.25, -0.2) is 9.97 Å². The molecule has 0 radical (unpaired) electrons. The second kappa shape index (κ2) is 7.89. The molecule has 0 aliphatic heterocycles. The number of nitrogens with zero attached hydrogens (tertiary/aromatic N) is 2. The first-order valence-electron chi connectivity index (χ1n) is 12.8. The molecule has 6 rings (SSSR count). The molecule has 2 aromatic heterocycles. The summed E-state index contributed by atoms with van der Waals surface area (Å²) < 4.78 is 6.47. The number of hydrogen-bond acceptors (Lipinski definition) is 3. The first-order chi connectivity index (χ1) is 17.1. The summed E-state index contributed by atoms with van der Waals surface area (Å²) in [4.78, 5) is 10.3. The summed E-state index contributed by atoms with van der Waals surface area (Å²) in [7, 11) is 0. The fourth-order valence-electron chi connectivity index (χ4n) is 5.27. The SMILES string of the molecule is Cc1ccc2c(c1)oc1c(-c3nc(C(C)C)nc4c3ccc3cc(C(C)(C)C)cc(C)c34)cccc12. The first-order valence-corrected chi connectivity index (χ1v) is 12.8. The summed E-state index contributed by atoms with van der Waals surface area (Å²) >= 11 is 0. The molecule has 36 heavy (non-hydrogen) atoms. The van der Waals surface area contributed by atoms with Gasteiger partial charge < -0.3 is 4.42 Å². The molecule has 0 saturated heterocycles. The smallest absolute Gasteiger partial charge is 0.144 e. The maximum Gasteiger partial charge on any atom is 0.144 e. The number of hydrogen-bond donors (Lipinski definition) is 0. The second-order valence-electron chi connectivity index (χ2n) is 11.5. The molecule has 0 N–H and O–H groups in total. The zero-order valence-electron chi connectivity index (χ0n) is 22.2. The Bertz CT molecular complexity index is 1820. The van der Waals surface area contributed by atoms with Crippen LogP contribution in [0, 0.1) is 13.8 Å². The van der Waals surface area contributed by atoms with Crippen LogP contribution in [0.5, 0.6) is 0 Å². The number of para-hydroxylation sites is 1. The maximum atomic E-state index is 6.47. The molecular weight excluding hydrogens is 440 g/mol. The lowest BCUT2D eigenvalue weighted by molar-refractivity contribution is 0.590. The number of furan rings is 1. The Morgan fingerprint density at radius 1 is 0.806 bits per heavy atom. The Balaban J connectivity index is 1.72. The van der Waals surface area contributed by atoms with Crippen LogP contribution in [-0.4, -0.2) is 9.97 Å². The number of aromatic nitrogens is 2. The Morgan fingerprint density at radius 3 is 2.33 bits per heavy atom. The highest BCUT2D eigenvalue weighted by molar-refractivity contribution is 6.15. The van der Waals surface area contributed by atoms with Gasteiger partial charge in [0, 0.05) is 33.0 Å². The molecule has 4 aromatic carbocycles. The van der Waals surface area contributed by atoms with Gasteiger partial charge in [-0.05, 0) is 59.5 Å². The Hall–Kier alpha value is -3.72. The molecule has 0 saturated carbocycles. The zero-order chi connectivity index (χ0) is 25.4. The highest BCUT2D eigenvalue weighted by Crippen LogP contribution is 2.40. The summed E-state index contributed by atoms with van der Waals surface area (Å²) in [5, 5.41) is 5.74. The van der Waals surface area contributed by atoms with Gasteiger partial charge in [-0.15, -0.1) is 0 Å². The van der Waals surface area contributed by atoms with E-state index < -0.39 is 0 Å². The number of benzene rings is 4. The van der Waals surface area contributed by atoms with Gasteiger partial charge >= 0.3 is 0 Å². The standard InChI is InChI=1S/C33H32N2O/c1-18(2)32-34-29(26-10-8-9-24-23-13-11-19(3)15-27(23)36-31(24)26)25-14-12-21-17-22(33(5,6)7)16-20(4)28(21)30(25)35-32/h8-18H,1-7H3. The van der Waals surface area contributed by atoms with E-state index in [9.17, 15) is 0 Å². The van der Waals surface area contributed by atoms with Crippen LogP contribution >= 0.6 is 0 Å². The van der Waals surface area contributed by atoms with Crippen molar-refractivity contribution in [2.75, 3.05) is 0 Å². The largest absolute Gasteiger partial charge is 0.455 e. The van der Waals surface area contributed by atoms with Crippen LogP contribution in [0.1, 0.15) is 63.1 Å². The van der Waals surface area contributed by atoms with Crippen molar-refractivity contribution in [2.24, 2.45) is 0 Å². The van der Waals surface area contributed by atoms with Gasteiger partial charge in [0.2, 0.25) is 0 Å². The number of rotatable bonds is 2. The average Bonchev–Trinajstić information content (AvgIpc) is 3.19. The van der Waals surface area contributed by atoms with E-state index in [1.165, 1.54) is 27.5 Å². The Morgan fingerprint density at radius 2 is 1.58 bits per heavy atom. The molecule has 3 nitrogen and oxygen atoms in total. The third-order valence-corrected chi connectivity index (χ3v) is 7.29. The lowest BCUT2D eigenvalue weighted by atomic mass is 9.84. The van der Waals surface area contributed by atoms with Gasteiger partial charge in [0.25, 0.3) is 0 Å². The van der Waals surface area contributed by atoms with Gasteiger partial charge in [-0.2, -0.15) is 0 Å². The molecule has 6 aromatic rings. The van der Waals surface area contributed by atoms with Gasteiger partial charge in [0.15, 0.2) is 0 Å². The third-order valence-electron chi connectivity index (χ3n) is 7.29.